The normalized spacial score (nSPS) is 10.4. The fourth-order valence-electron chi connectivity index (χ4n) is 1.48. The van der Waals surface area contributed by atoms with E-state index in [0.717, 1.165) is 5.56 Å². The van der Waals surface area contributed by atoms with Crippen LogP contribution >= 0.6 is 0 Å². The van der Waals surface area contributed by atoms with Gasteiger partial charge in [0.1, 0.15) is 6.61 Å². The van der Waals surface area contributed by atoms with Crippen LogP contribution in [0.25, 0.3) is 11.4 Å². The molecule has 0 fully saturated rings. The molecule has 18 heavy (non-hydrogen) atoms. The largest absolute Gasteiger partial charge is 0.493 e. The van der Waals surface area contributed by atoms with E-state index in [1.807, 2.05) is 0 Å². The van der Waals surface area contributed by atoms with Gasteiger partial charge in [0.15, 0.2) is 11.5 Å². The standard InChI is InChI=1S/C11H13N3O4/c1-15-8-4-3-7(5-9(8)16-2)11-13-10(6-17-12)18-14-11/h3-5H,6,12H2,1-2H3. The molecule has 2 aromatic rings. The maximum Gasteiger partial charge on any atom is 0.255 e. The van der Waals surface area contributed by atoms with Crippen molar-refractivity contribution < 1.29 is 18.8 Å². The van der Waals surface area contributed by atoms with Gasteiger partial charge < -0.3 is 14.0 Å². The lowest BCUT2D eigenvalue weighted by Gasteiger charge is -2.07. The van der Waals surface area contributed by atoms with Crippen LogP contribution in [0.3, 0.4) is 0 Å². The first-order valence-electron chi connectivity index (χ1n) is 5.15. The summed E-state index contributed by atoms with van der Waals surface area (Å²) < 4.78 is 15.3. The van der Waals surface area contributed by atoms with Gasteiger partial charge in [-0.3, -0.25) is 4.84 Å². The van der Waals surface area contributed by atoms with Gasteiger partial charge in [0.25, 0.3) is 5.89 Å². The third kappa shape index (κ3) is 2.41. The van der Waals surface area contributed by atoms with Crippen LogP contribution in [0, 0.1) is 0 Å². The predicted molar refractivity (Wildman–Crippen MR) is 61.8 cm³/mol. The number of methoxy groups -OCH3 is 2. The monoisotopic (exact) mass is 251 g/mol. The van der Waals surface area contributed by atoms with Gasteiger partial charge in [0.2, 0.25) is 5.82 Å². The quantitative estimate of drug-likeness (QED) is 0.796. The Hall–Kier alpha value is -2.12. The molecule has 7 nitrogen and oxygen atoms in total. The molecule has 0 unspecified atom stereocenters. The molecule has 0 spiro atoms. The molecule has 0 radical (unpaired) electrons. The predicted octanol–water partition coefficient (Wildman–Crippen LogP) is 1.14. The fourth-order valence-corrected chi connectivity index (χ4v) is 1.48. The van der Waals surface area contributed by atoms with Crippen LogP contribution < -0.4 is 15.4 Å². The lowest BCUT2D eigenvalue weighted by molar-refractivity contribution is 0.0996. The SMILES string of the molecule is COc1ccc(-c2noc(CON)n2)cc1OC. The molecule has 7 heteroatoms. The highest BCUT2D eigenvalue weighted by molar-refractivity contribution is 5.60. The van der Waals surface area contributed by atoms with E-state index in [-0.39, 0.29) is 6.61 Å². The second-order valence-electron chi connectivity index (χ2n) is 3.39. The molecule has 0 atom stereocenters. The summed E-state index contributed by atoms with van der Waals surface area (Å²) in [5.74, 6) is 6.90. The maximum absolute atomic E-state index is 5.20. The number of ether oxygens (including phenoxy) is 2. The fraction of sp³-hybridized carbons (Fsp3) is 0.273. The van der Waals surface area contributed by atoms with Crippen LogP contribution in [-0.2, 0) is 11.4 Å². The van der Waals surface area contributed by atoms with E-state index in [2.05, 4.69) is 15.0 Å². The van der Waals surface area contributed by atoms with Gasteiger partial charge in [-0.05, 0) is 18.2 Å². The summed E-state index contributed by atoms with van der Waals surface area (Å²) in [7, 11) is 3.13. The van der Waals surface area contributed by atoms with Crippen molar-refractivity contribution in [2.24, 2.45) is 5.90 Å². The Kier molecular flexibility index (Phi) is 3.75. The third-order valence-electron chi connectivity index (χ3n) is 2.32. The highest BCUT2D eigenvalue weighted by atomic mass is 16.6. The highest BCUT2D eigenvalue weighted by Crippen LogP contribution is 2.31. The Balaban J connectivity index is 2.31. The van der Waals surface area contributed by atoms with Gasteiger partial charge >= 0.3 is 0 Å². The first-order valence-corrected chi connectivity index (χ1v) is 5.15. The minimum Gasteiger partial charge on any atom is -0.493 e. The number of nitrogens with zero attached hydrogens (tertiary/aromatic N) is 2. The average Bonchev–Trinajstić information content (AvgIpc) is 2.87. The van der Waals surface area contributed by atoms with Crippen molar-refractivity contribution in [3.63, 3.8) is 0 Å². The number of hydrogen-bond donors (Lipinski definition) is 1. The van der Waals surface area contributed by atoms with Crippen molar-refractivity contribution in [3.8, 4) is 22.9 Å². The first kappa shape index (κ1) is 12.3. The van der Waals surface area contributed by atoms with Crippen molar-refractivity contribution in [1.82, 2.24) is 10.1 Å². The zero-order chi connectivity index (χ0) is 13.0. The number of nitrogens with two attached hydrogens (primary N) is 1. The minimum absolute atomic E-state index is 0.0697. The summed E-state index contributed by atoms with van der Waals surface area (Å²) in [5.41, 5.74) is 0.750. The van der Waals surface area contributed by atoms with Gasteiger partial charge in [-0.2, -0.15) is 4.98 Å². The van der Waals surface area contributed by atoms with Gasteiger partial charge in [0, 0.05) is 5.56 Å². The Labute approximate surface area is 103 Å². The molecule has 0 saturated heterocycles. The van der Waals surface area contributed by atoms with E-state index in [0.29, 0.717) is 23.2 Å². The van der Waals surface area contributed by atoms with E-state index < -0.39 is 0 Å². The Bertz CT molecular complexity index is 527. The molecule has 1 aromatic heterocycles. The molecule has 0 bridgehead atoms. The van der Waals surface area contributed by atoms with E-state index >= 15 is 0 Å². The summed E-state index contributed by atoms with van der Waals surface area (Å²) in [6, 6.07) is 5.33. The van der Waals surface area contributed by atoms with Crippen molar-refractivity contribution in [3.05, 3.63) is 24.1 Å². The van der Waals surface area contributed by atoms with Crippen LogP contribution in [0.2, 0.25) is 0 Å². The van der Waals surface area contributed by atoms with Crippen LogP contribution in [0.15, 0.2) is 22.7 Å². The summed E-state index contributed by atoms with van der Waals surface area (Å²) in [6.07, 6.45) is 0. The van der Waals surface area contributed by atoms with E-state index in [1.165, 1.54) is 0 Å². The van der Waals surface area contributed by atoms with Gasteiger partial charge in [0.05, 0.1) is 14.2 Å². The highest BCUT2D eigenvalue weighted by Gasteiger charge is 2.11. The lowest BCUT2D eigenvalue weighted by Crippen LogP contribution is -1.98. The Morgan fingerprint density at radius 1 is 1.22 bits per heavy atom. The first-order chi connectivity index (χ1) is 8.78. The van der Waals surface area contributed by atoms with Crippen molar-refractivity contribution >= 4 is 0 Å². The maximum atomic E-state index is 5.20. The Morgan fingerprint density at radius 3 is 2.67 bits per heavy atom. The number of aromatic nitrogens is 2. The van der Waals surface area contributed by atoms with E-state index in [1.54, 1.807) is 32.4 Å². The van der Waals surface area contributed by atoms with Crippen LogP contribution in [-0.4, -0.2) is 24.4 Å². The molecule has 0 aliphatic carbocycles. The molecule has 1 heterocycles. The molecule has 96 valence electrons. The molecule has 0 aliphatic rings. The smallest absolute Gasteiger partial charge is 0.255 e. The topological polar surface area (TPSA) is 92.6 Å². The molecular formula is C11H13N3O4. The minimum atomic E-state index is 0.0697. The molecule has 2 N–H and O–H groups in total. The van der Waals surface area contributed by atoms with E-state index in [4.69, 9.17) is 19.9 Å². The summed E-state index contributed by atoms with van der Waals surface area (Å²) in [5, 5.41) is 3.82. The number of benzene rings is 1. The molecule has 1 aromatic carbocycles. The number of rotatable bonds is 5. The lowest BCUT2D eigenvalue weighted by atomic mass is 10.2. The molecule has 0 saturated carbocycles. The van der Waals surface area contributed by atoms with Gasteiger partial charge in [-0.1, -0.05) is 5.16 Å². The molecule has 2 rings (SSSR count). The van der Waals surface area contributed by atoms with Gasteiger partial charge in [-0.25, -0.2) is 5.90 Å². The molecule has 0 amide bonds. The van der Waals surface area contributed by atoms with Crippen molar-refractivity contribution in [1.29, 1.82) is 0 Å². The van der Waals surface area contributed by atoms with Crippen molar-refractivity contribution in [2.45, 2.75) is 6.61 Å². The van der Waals surface area contributed by atoms with Crippen LogP contribution in [0.1, 0.15) is 5.89 Å². The second-order valence-corrected chi connectivity index (χ2v) is 3.39. The average molecular weight is 251 g/mol. The second kappa shape index (κ2) is 5.48. The number of hydrogen-bond acceptors (Lipinski definition) is 7. The zero-order valence-electron chi connectivity index (χ0n) is 10.0. The zero-order valence-corrected chi connectivity index (χ0v) is 10.0. The summed E-state index contributed by atoms with van der Waals surface area (Å²) >= 11 is 0. The Morgan fingerprint density at radius 2 is 2.00 bits per heavy atom. The van der Waals surface area contributed by atoms with E-state index in [9.17, 15) is 0 Å². The summed E-state index contributed by atoms with van der Waals surface area (Å²) in [4.78, 5) is 8.54. The van der Waals surface area contributed by atoms with Gasteiger partial charge in [-0.15, -0.1) is 0 Å². The van der Waals surface area contributed by atoms with Crippen LogP contribution in [0.5, 0.6) is 11.5 Å². The third-order valence-corrected chi connectivity index (χ3v) is 2.32. The molecular weight excluding hydrogens is 238 g/mol. The van der Waals surface area contributed by atoms with Crippen molar-refractivity contribution in [2.75, 3.05) is 14.2 Å². The summed E-state index contributed by atoms with van der Waals surface area (Å²) in [6.45, 7) is 0.0697. The van der Waals surface area contributed by atoms with Crippen LogP contribution in [0.4, 0.5) is 0 Å². The molecule has 0 aliphatic heterocycles.